The van der Waals surface area contributed by atoms with Gasteiger partial charge in [0.2, 0.25) is 0 Å². The van der Waals surface area contributed by atoms with E-state index in [-0.39, 0.29) is 0 Å². The highest BCUT2D eigenvalue weighted by atomic mass is 14.8. The highest BCUT2D eigenvalue weighted by molar-refractivity contribution is 4.57. The molecule has 0 fully saturated rings. The van der Waals surface area contributed by atoms with Crippen LogP contribution in [0.4, 0.5) is 0 Å². The first-order valence-electron chi connectivity index (χ1n) is 5.39. The van der Waals surface area contributed by atoms with Crippen molar-refractivity contribution in [1.29, 1.82) is 0 Å². The van der Waals surface area contributed by atoms with Crippen LogP contribution in [-0.4, -0.2) is 13.1 Å². The van der Waals surface area contributed by atoms with Crippen molar-refractivity contribution in [3.05, 3.63) is 0 Å². The third kappa shape index (κ3) is 6.66. The van der Waals surface area contributed by atoms with Crippen molar-refractivity contribution in [1.82, 2.24) is 5.32 Å². The number of nitrogens with one attached hydrogen (secondary N) is 1. The summed E-state index contributed by atoms with van der Waals surface area (Å²) in [5.41, 5.74) is 0. The van der Waals surface area contributed by atoms with Crippen LogP contribution in [-0.2, 0) is 0 Å². The van der Waals surface area contributed by atoms with E-state index >= 15 is 0 Å². The molecule has 0 aliphatic heterocycles. The van der Waals surface area contributed by atoms with E-state index in [9.17, 15) is 0 Å². The summed E-state index contributed by atoms with van der Waals surface area (Å²) in [6.07, 6.45) is 4.11. The Kier molecular flexibility index (Phi) is 7.58. The number of rotatable bonds is 7. The standard InChI is InChI=1S/C11H25N/c1-5-12-9-7-6-8-11(4)10(2)3/h10-12H,5-9H2,1-4H3. The molecule has 0 aromatic rings. The molecule has 0 aliphatic carbocycles. The van der Waals surface area contributed by atoms with Crippen molar-refractivity contribution in [3.63, 3.8) is 0 Å². The number of hydrogen-bond acceptors (Lipinski definition) is 1. The summed E-state index contributed by atoms with van der Waals surface area (Å²) >= 11 is 0. The van der Waals surface area contributed by atoms with E-state index in [4.69, 9.17) is 0 Å². The summed E-state index contributed by atoms with van der Waals surface area (Å²) in [5, 5.41) is 3.35. The van der Waals surface area contributed by atoms with Crippen LogP contribution in [0.5, 0.6) is 0 Å². The Labute approximate surface area is 77.9 Å². The van der Waals surface area contributed by atoms with Gasteiger partial charge in [0, 0.05) is 0 Å². The third-order valence-electron chi connectivity index (χ3n) is 2.65. The fourth-order valence-electron chi connectivity index (χ4n) is 1.23. The largest absolute Gasteiger partial charge is 0.317 e. The van der Waals surface area contributed by atoms with Gasteiger partial charge in [0.25, 0.3) is 0 Å². The van der Waals surface area contributed by atoms with Crippen molar-refractivity contribution in [2.75, 3.05) is 13.1 Å². The van der Waals surface area contributed by atoms with Crippen molar-refractivity contribution in [3.8, 4) is 0 Å². The molecule has 0 amide bonds. The molecule has 0 radical (unpaired) electrons. The van der Waals surface area contributed by atoms with Gasteiger partial charge in [0.1, 0.15) is 0 Å². The summed E-state index contributed by atoms with van der Waals surface area (Å²) in [7, 11) is 0. The minimum atomic E-state index is 0.851. The Morgan fingerprint density at radius 1 is 1.08 bits per heavy atom. The highest BCUT2D eigenvalue weighted by Gasteiger charge is 2.05. The lowest BCUT2D eigenvalue weighted by Gasteiger charge is -2.14. The maximum atomic E-state index is 3.35. The van der Waals surface area contributed by atoms with Crippen molar-refractivity contribution < 1.29 is 0 Å². The Bertz CT molecular complexity index is 89.0. The molecule has 12 heavy (non-hydrogen) atoms. The van der Waals surface area contributed by atoms with E-state index in [0.29, 0.717) is 0 Å². The van der Waals surface area contributed by atoms with Gasteiger partial charge in [-0.3, -0.25) is 0 Å². The molecule has 1 atom stereocenters. The average molecular weight is 171 g/mol. The molecule has 0 bridgehead atoms. The number of hydrogen-bond donors (Lipinski definition) is 1. The van der Waals surface area contributed by atoms with Crippen molar-refractivity contribution >= 4 is 0 Å². The number of unbranched alkanes of at least 4 members (excludes halogenated alkanes) is 1. The maximum absolute atomic E-state index is 3.35. The SMILES string of the molecule is CCNCCCCC(C)C(C)C. The Hall–Kier alpha value is -0.0400. The molecule has 74 valence electrons. The predicted octanol–water partition coefficient (Wildman–Crippen LogP) is 3.06. The lowest BCUT2D eigenvalue weighted by atomic mass is 9.93. The zero-order valence-corrected chi connectivity index (χ0v) is 9.19. The molecule has 0 aliphatic rings. The van der Waals surface area contributed by atoms with E-state index in [1.54, 1.807) is 0 Å². The van der Waals surface area contributed by atoms with Crippen LogP contribution in [0.2, 0.25) is 0 Å². The first-order chi connectivity index (χ1) is 5.68. The Morgan fingerprint density at radius 2 is 1.75 bits per heavy atom. The summed E-state index contributed by atoms with van der Waals surface area (Å²) in [6, 6.07) is 0. The normalized spacial score (nSPS) is 13.8. The molecule has 1 heteroatoms. The summed E-state index contributed by atoms with van der Waals surface area (Å²) in [6.45, 7) is 11.5. The van der Waals surface area contributed by atoms with Crippen molar-refractivity contribution in [2.45, 2.75) is 47.0 Å². The van der Waals surface area contributed by atoms with Gasteiger partial charge < -0.3 is 5.32 Å². The maximum Gasteiger partial charge on any atom is -0.00490 e. The minimum absolute atomic E-state index is 0.851. The minimum Gasteiger partial charge on any atom is -0.317 e. The van der Waals surface area contributed by atoms with Gasteiger partial charge in [-0.2, -0.15) is 0 Å². The van der Waals surface area contributed by atoms with Gasteiger partial charge >= 0.3 is 0 Å². The topological polar surface area (TPSA) is 12.0 Å². The second kappa shape index (κ2) is 7.60. The van der Waals surface area contributed by atoms with Gasteiger partial charge in [-0.25, -0.2) is 0 Å². The lowest BCUT2D eigenvalue weighted by Crippen LogP contribution is -2.14. The third-order valence-corrected chi connectivity index (χ3v) is 2.65. The zero-order valence-electron chi connectivity index (χ0n) is 9.19. The summed E-state index contributed by atoms with van der Waals surface area (Å²) < 4.78 is 0. The van der Waals surface area contributed by atoms with E-state index in [1.165, 1.54) is 25.8 Å². The molecule has 0 aromatic carbocycles. The van der Waals surface area contributed by atoms with E-state index in [2.05, 4.69) is 33.0 Å². The van der Waals surface area contributed by atoms with Gasteiger partial charge in [-0.05, 0) is 31.3 Å². The molecule has 0 saturated heterocycles. The summed E-state index contributed by atoms with van der Waals surface area (Å²) in [5.74, 6) is 1.75. The first-order valence-corrected chi connectivity index (χ1v) is 5.39. The van der Waals surface area contributed by atoms with Crippen LogP contribution in [0.3, 0.4) is 0 Å². The van der Waals surface area contributed by atoms with Crippen LogP contribution < -0.4 is 5.32 Å². The van der Waals surface area contributed by atoms with Crippen LogP contribution in [0.25, 0.3) is 0 Å². The fourth-order valence-corrected chi connectivity index (χ4v) is 1.23. The molecule has 1 unspecified atom stereocenters. The van der Waals surface area contributed by atoms with Crippen LogP contribution in [0, 0.1) is 11.8 Å². The average Bonchev–Trinajstić information content (AvgIpc) is 2.03. The van der Waals surface area contributed by atoms with Crippen molar-refractivity contribution in [2.24, 2.45) is 11.8 Å². The lowest BCUT2D eigenvalue weighted by molar-refractivity contribution is 0.376. The molecule has 1 nitrogen and oxygen atoms in total. The predicted molar refractivity (Wildman–Crippen MR) is 56.4 cm³/mol. The molecule has 0 rings (SSSR count). The second-order valence-corrected chi connectivity index (χ2v) is 4.07. The molecule has 0 saturated carbocycles. The van der Waals surface area contributed by atoms with Crippen LogP contribution in [0.15, 0.2) is 0 Å². The molecular weight excluding hydrogens is 146 g/mol. The van der Waals surface area contributed by atoms with Gasteiger partial charge in [-0.1, -0.05) is 40.5 Å². The molecule has 1 N–H and O–H groups in total. The Balaban J connectivity index is 3.08. The highest BCUT2D eigenvalue weighted by Crippen LogP contribution is 2.16. The zero-order chi connectivity index (χ0) is 9.40. The van der Waals surface area contributed by atoms with Gasteiger partial charge in [-0.15, -0.1) is 0 Å². The van der Waals surface area contributed by atoms with Crippen LogP contribution >= 0.6 is 0 Å². The summed E-state index contributed by atoms with van der Waals surface area (Å²) in [4.78, 5) is 0. The smallest absolute Gasteiger partial charge is 0.00490 e. The monoisotopic (exact) mass is 171 g/mol. The second-order valence-electron chi connectivity index (χ2n) is 4.07. The molecular formula is C11H25N. The van der Waals surface area contributed by atoms with Crippen LogP contribution in [0.1, 0.15) is 47.0 Å². The van der Waals surface area contributed by atoms with Gasteiger partial charge in [0.05, 0.1) is 0 Å². The first kappa shape index (κ1) is 12.0. The fraction of sp³-hybridized carbons (Fsp3) is 1.00. The molecule has 0 heterocycles. The molecule has 0 spiro atoms. The molecule has 0 aromatic heterocycles. The quantitative estimate of drug-likeness (QED) is 0.580. The van der Waals surface area contributed by atoms with E-state index < -0.39 is 0 Å². The van der Waals surface area contributed by atoms with E-state index in [1.807, 2.05) is 0 Å². The Morgan fingerprint density at radius 3 is 2.25 bits per heavy atom. The van der Waals surface area contributed by atoms with Gasteiger partial charge in [0.15, 0.2) is 0 Å². The van der Waals surface area contributed by atoms with E-state index in [0.717, 1.165) is 18.4 Å².